The van der Waals surface area contributed by atoms with Gasteiger partial charge in [-0.25, -0.2) is 8.78 Å². The van der Waals surface area contributed by atoms with Crippen molar-refractivity contribution in [3.05, 3.63) is 35.4 Å². The second-order valence-electron chi connectivity index (χ2n) is 5.20. The highest BCUT2D eigenvalue weighted by molar-refractivity contribution is 5.78. The fourth-order valence-electron chi connectivity index (χ4n) is 2.03. The summed E-state index contributed by atoms with van der Waals surface area (Å²) in [4.78, 5) is 11.9. The van der Waals surface area contributed by atoms with Gasteiger partial charge in [-0.2, -0.15) is 5.26 Å². The summed E-state index contributed by atoms with van der Waals surface area (Å²) in [5, 5.41) is 11.6. The topological polar surface area (TPSA) is 62.1 Å². The molecule has 0 fully saturated rings. The molecule has 0 bridgehead atoms. The quantitative estimate of drug-likeness (QED) is 0.877. The first-order valence-corrected chi connectivity index (χ1v) is 6.47. The van der Waals surface area contributed by atoms with E-state index in [0.29, 0.717) is 0 Å². The number of amides is 1. The Balaban J connectivity index is 2.72. The normalized spacial score (nSPS) is 14.9. The molecule has 4 nitrogen and oxygen atoms in total. The lowest BCUT2D eigenvalue weighted by atomic mass is 9.96. The lowest BCUT2D eigenvalue weighted by molar-refractivity contribution is -0.123. The number of halogens is 2. The van der Waals surface area contributed by atoms with E-state index in [-0.39, 0.29) is 18.6 Å². The maximum atomic E-state index is 13.6. The summed E-state index contributed by atoms with van der Waals surface area (Å²) in [5.74, 6) is -2.18. The molecule has 1 N–H and O–H groups in total. The van der Waals surface area contributed by atoms with Crippen molar-refractivity contribution in [2.75, 3.05) is 13.7 Å². The molecule has 114 valence electrons. The summed E-state index contributed by atoms with van der Waals surface area (Å²) >= 11 is 0. The number of nitriles is 1. The van der Waals surface area contributed by atoms with Crippen LogP contribution in [0.15, 0.2) is 18.2 Å². The summed E-state index contributed by atoms with van der Waals surface area (Å²) < 4.78 is 31.4. The van der Waals surface area contributed by atoms with Crippen LogP contribution in [-0.2, 0) is 9.53 Å². The lowest BCUT2D eigenvalue weighted by Crippen LogP contribution is -2.48. The van der Waals surface area contributed by atoms with Gasteiger partial charge >= 0.3 is 0 Å². The van der Waals surface area contributed by atoms with Crippen LogP contribution in [0.5, 0.6) is 0 Å². The van der Waals surface area contributed by atoms with E-state index in [1.54, 1.807) is 6.92 Å². The molecule has 0 heterocycles. The molecule has 0 unspecified atom stereocenters. The van der Waals surface area contributed by atoms with E-state index in [9.17, 15) is 13.6 Å². The van der Waals surface area contributed by atoms with Crippen LogP contribution in [0.1, 0.15) is 31.7 Å². The maximum absolute atomic E-state index is 13.6. The molecule has 6 heteroatoms. The number of benzene rings is 1. The Morgan fingerprint density at radius 3 is 2.71 bits per heavy atom. The third kappa shape index (κ3) is 4.80. The second-order valence-corrected chi connectivity index (χ2v) is 5.20. The van der Waals surface area contributed by atoms with Crippen molar-refractivity contribution in [2.45, 2.75) is 31.7 Å². The molecule has 1 aromatic carbocycles. The number of methoxy groups -OCH3 is 1. The van der Waals surface area contributed by atoms with Gasteiger partial charge in [-0.3, -0.25) is 4.79 Å². The zero-order valence-electron chi connectivity index (χ0n) is 12.2. The molecule has 2 atom stereocenters. The Bertz CT molecular complexity index is 557. The molecule has 0 aromatic heterocycles. The van der Waals surface area contributed by atoms with Gasteiger partial charge in [0, 0.05) is 19.6 Å². The van der Waals surface area contributed by atoms with Gasteiger partial charge in [0.25, 0.3) is 0 Å². The predicted octanol–water partition coefficient (Wildman–Crippen LogP) is 2.50. The molecule has 0 spiro atoms. The molecule has 0 aliphatic heterocycles. The van der Waals surface area contributed by atoms with Crippen molar-refractivity contribution in [3.63, 3.8) is 0 Å². The third-order valence-corrected chi connectivity index (χ3v) is 3.08. The van der Waals surface area contributed by atoms with E-state index in [4.69, 9.17) is 10.00 Å². The number of ether oxygens (including phenoxy) is 1. The van der Waals surface area contributed by atoms with E-state index in [2.05, 4.69) is 5.32 Å². The molecule has 21 heavy (non-hydrogen) atoms. The van der Waals surface area contributed by atoms with Crippen molar-refractivity contribution < 1.29 is 18.3 Å². The standard InChI is InChI=1S/C15H18F2N2O2/c1-10(12-5-4-11(16)7-13(12)17)6-14(20)19-15(2,8-18)9-21-3/h4-5,7,10H,6,9H2,1-3H3,(H,19,20)/t10-,15-/m0/s1. The van der Waals surface area contributed by atoms with Gasteiger partial charge < -0.3 is 10.1 Å². The minimum Gasteiger partial charge on any atom is -0.381 e. The largest absolute Gasteiger partial charge is 0.381 e. The Morgan fingerprint density at radius 1 is 1.52 bits per heavy atom. The summed E-state index contributed by atoms with van der Waals surface area (Å²) in [6, 6.07) is 5.22. The molecule has 1 rings (SSSR count). The minimum atomic E-state index is -1.13. The highest BCUT2D eigenvalue weighted by Gasteiger charge is 2.27. The summed E-state index contributed by atoms with van der Waals surface area (Å²) in [6.07, 6.45) is -0.0104. The van der Waals surface area contributed by atoms with E-state index < -0.39 is 29.0 Å². The number of nitrogens with one attached hydrogen (secondary N) is 1. The third-order valence-electron chi connectivity index (χ3n) is 3.08. The first-order valence-electron chi connectivity index (χ1n) is 6.47. The van der Waals surface area contributed by atoms with Crippen molar-refractivity contribution in [2.24, 2.45) is 0 Å². The van der Waals surface area contributed by atoms with Crippen LogP contribution in [0.2, 0.25) is 0 Å². The Morgan fingerprint density at radius 2 is 2.19 bits per heavy atom. The first-order chi connectivity index (χ1) is 9.81. The molecule has 0 aliphatic rings. The average Bonchev–Trinajstić information content (AvgIpc) is 2.38. The van der Waals surface area contributed by atoms with E-state index in [1.807, 2.05) is 6.07 Å². The van der Waals surface area contributed by atoms with Gasteiger partial charge in [0.2, 0.25) is 5.91 Å². The number of hydrogen-bond acceptors (Lipinski definition) is 3. The van der Waals surface area contributed by atoms with Crippen LogP contribution >= 0.6 is 0 Å². The van der Waals surface area contributed by atoms with Gasteiger partial charge in [0.15, 0.2) is 0 Å². The zero-order chi connectivity index (χ0) is 16.0. The van der Waals surface area contributed by atoms with Crippen LogP contribution in [0.25, 0.3) is 0 Å². The fraction of sp³-hybridized carbons (Fsp3) is 0.467. The molecule has 1 amide bonds. The lowest BCUT2D eigenvalue weighted by Gasteiger charge is -2.23. The smallest absolute Gasteiger partial charge is 0.221 e. The highest BCUT2D eigenvalue weighted by Crippen LogP contribution is 2.23. The van der Waals surface area contributed by atoms with E-state index >= 15 is 0 Å². The molecule has 0 radical (unpaired) electrons. The number of rotatable bonds is 6. The molecule has 0 saturated heterocycles. The molecular weight excluding hydrogens is 278 g/mol. The summed E-state index contributed by atoms with van der Waals surface area (Å²) in [5.41, 5.74) is -0.871. The SMILES string of the molecule is COC[C@](C)(C#N)NC(=O)C[C@H](C)c1ccc(F)cc1F. The van der Waals surface area contributed by atoms with Gasteiger partial charge in [-0.05, 0) is 24.5 Å². The van der Waals surface area contributed by atoms with Crippen LogP contribution < -0.4 is 5.32 Å². The second kappa shape index (κ2) is 7.14. The molecular formula is C15H18F2N2O2. The van der Waals surface area contributed by atoms with Crippen LogP contribution in [-0.4, -0.2) is 25.2 Å². The van der Waals surface area contributed by atoms with Crippen molar-refractivity contribution in [1.82, 2.24) is 5.32 Å². The first kappa shape index (κ1) is 17.1. The van der Waals surface area contributed by atoms with Crippen molar-refractivity contribution >= 4 is 5.91 Å². The van der Waals surface area contributed by atoms with Gasteiger partial charge in [-0.1, -0.05) is 13.0 Å². The van der Waals surface area contributed by atoms with E-state index in [0.717, 1.165) is 12.1 Å². The van der Waals surface area contributed by atoms with Crippen LogP contribution in [0.4, 0.5) is 8.78 Å². The van der Waals surface area contributed by atoms with Gasteiger partial charge in [0.1, 0.15) is 17.2 Å². The molecule has 1 aromatic rings. The van der Waals surface area contributed by atoms with Crippen LogP contribution in [0.3, 0.4) is 0 Å². The molecule has 0 saturated carbocycles. The van der Waals surface area contributed by atoms with E-state index in [1.165, 1.54) is 20.1 Å². The number of nitrogens with zero attached hydrogens (tertiary/aromatic N) is 1. The average molecular weight is 296 g/mol. The fourth-order valence-corrected chi connectivity index (χ4v) is 2.03. The molecule has 0 aliphatic carbocycles. The predicted molar refractivity (Wildman–Crippen MR) is 73.4 cm³/mol. The minimum absolute atomic E-state index is 0.0104. The highest BCUT2D eigenvalue weighted by atomic mass is 19.1. The summed E-state index contributed by atoms with van der Waals surface area (Å²) in [7, 11) is 1.43. The zero-order valence-corrected chi connectivity index (χ0v) is 12.2. The summed E-state index contributed by atoms with van der Waals surface area (Å²) in [6.45, 7) is 3.25. The van der Waals surface area contributed by atoms with Crippen LogP contribution in [0, 0.1) is 23.0 Å². The Labute approximate surface area is 122 Å². The van der Waals surface area contributed by atoms with Gasteiger partial charge in [-0.15, -0.1) is 0 Å². The van der Waals surface area contributed by atoms with Gasteiger partial charge in [0.05, 0.1) is 12.7 Å². The maximum Gasteiger partial charge on any atom is 0.221 e. The number of hydrogen-bond donors (Lipinski definition) is 1. The van der Waals surface area contributed by atoms with Crippen molar-refractivity contribution in [1.29, 1.82) is 5.26 Å². The van der Waals surface area contributed by atoms with Crippen molar-refractivity contribution in [3.8, 4) is 6.07 Å². The monoisotopic (exact) mass is 296 g/mol. The Hall–Kier alpha value is -2.00. The Kier molecular flexibility index (Phi) is 5.79. The number of carbonyl (C=O) groups is 1. The number of carbonyl (C=O) groups excluding carboxylic acids is 1.